The third-order valence-corrected chi connectivity index (χ3v) is 7.61. The van der Waals surface area contributed by atoms with Gasteiger partial charge >= 0.3 is 6.18 Å². The van der Waals surface area contributed by atoms with Crippen molar-refractivity contribution in [1.82, 2.24) is 10.2 Å². The summed E-state index contributed by atoms with van der Waals surface area (Å²) in [7, 11) is 0. The van der Waals surface area contributed by atoms with Crippen molar-refractivity contribution in [3.8, 4) is 0 Å². The standard InChI is InChI=1S/C24H32F4N2O2/c1-15(2)23(8-5-19(12-23)29-18-6-9-32-10-7-18)22(31)30-13-16-11-17(24(26,27)28)3-4-20(16)21(25)14-30/h3-4,11,15,18-19,21,29H,5-10,12-14H2,1-2H3/t19-,21+,23+/m1/s1. The molecule has 0 unspecified atom stereocenters. The average Bonchev–Trinajstić information content (AvgIpc) is 3.18. The maximum absolute atomic E-state index is 14.9. The van der Waals surface area contributed by atoms with Crippen molar-refractivity contribution in [2.45, 2.75) is 76.9 Å². The molecule has 3 aliphatic rings. The number of fused-ring (bicyclic) bond motifs is 1. The Morgan fingerprint density at radius 2 is 1.91 bits per heavy atom. The van der Waals surface area contributed by atoms with E-state index in [4.69, 9.17) is 4.74 Å². The normalized spacial score (nSPS) is 29.4. The smallest absolute Gasteiger partial charge is 0.381 e. The molecule has 1 aromatic rings. The Morgan fingerprint density at radius 1 is 1.19 bits per heavy atom. The fourth-order valence-electron chi connectivity index (χ4n) is 5.64. The molecule has 0 spiro atoms. The van der Waals surface area contributed by atoms with Crippen molar-refractivity contribution in [2.75, 3.05) is 19.8 Å². The molecule has 1 saturated carbocycles. The predicted molar refractivity (Wildman–Crippen MR) is 113 cm³/mol. The fourth-order valence-corrected chi connectivity index (χ4v) is 5.64. The van der Waals surface area contributed by atoms with Gasteiger partial charge in [0.25, 0.3) is 0 Å². The highest BCUT2D eigenvalue weighted by Crippen LogP contribution is 2.47. The number of hydrogen-bond donors (Lipinski definition) is 1. The minimum Gasteiger partial charge on any atom is -0.381 e. The highest BCUT2D eigenvalue weighted by molar-refractivity contribution is 5.84. The van der Waals surface area contributed by atoms with E-state index in [2.05, 4.69) is 5.32 Å². The summed E-state index contributed by atoms with van der Waals surface area (Å²) < 4.78 is 59.8. The zero-order valence-corrected chi connectivity index (χ0v) is 18.7. The molecule has 8 heteroatoms. The first-order valence-corrected chi connectivity index (χ1v) is 11.6. The summed E-state index contributed by atoms with van der Waals surface area (Å²) in [6.45, 7) is 5.42. The second-order valence-corrected chi connectivity index (χ2v) is 9.87. The third kappa shape index (κ3) is 4.53. The minimum atomic E-state index is -4.50. The molecule has 1 N–H and O–H groups in total. The lowest BCUT2D eigenvalue weighted by atomic mass is 9.73. The Bertz CT molecular complexity index is 838. The molecule has 4 rings (SSSR count). The Balaban J connectivity index is 1.52. The summed E-state index contributed by atoms with van der Waals surface area (Å²) in [5.74, 6) is -0.0769. The van der Waals surface area contributed by atoms with Crippen LogP contribution in [0.4, 0.5) is 17.6 Å². The number of alkyl halides is 4. The van der Waals surface area contributed by atoms with E-state index in [1.54, 1.807) is 0 Å². The molecule has 178 valence electrons. The molecular formula is C24H32F4N2O2. The lowest BCUT2D eigenvalue weighted by Crippen LogP contribution is -2.49. The van der Waals surface area contributed by atoms with Gasteiger partial charge in [0.2, 0.25) is 5.91 Å². The van der Waals surface area contributed by atoms with Crippen LogP contribution in [0.15, 0.2) is 18.2 Å². The number of rotatable bonds is 4. The summed E-state index contributed by atoms with van der Waals surface area (Å²) in [6, 6.07) is 3.71. The van der Waals surface area contributed by atoms with E-state index in [0.29, 0.717) is 18.9 Å². The number of hydrogen-bond acceptors (Lipinski definition) is 3. The van der Waals surface area contributed by atoms with Gasteiger partial charge in [0, 0.05) is 31.8 Å². The zero-order valence-electron chi connectivity index (χ0n) is 18.7. The Kier molecular flexibility index (Phi) is 6.56. The molecule has 1 aromatic carbocycles. The number of carbonyl (C=O) groups excluding carboxylic acids is 1. The van der Waals surface area contributed by atoms with Gasteiger partial charge in [-0.1, -0.05) is 19.9 Å². The van der Waals surface area contributed by atoms with E-state index in [-0.39, 0.29) is 42.1 Å². The Morgan fingerprint density at radius 3 is 2.56 bits per heavy atom. The predicted octanol–water partition coefficient (Wildman–Crippen LogP) is 5.02. The summed E-state index contributed by atoms with van der Waals surface area (Å²) in [4.78, 5) is 15.2. The van der Waals surface area contributed by atoms with Gasteiger partial charge in [-0.2, -0.15) is 13.2 Å². The van der Waals surface area contributed by atoms with Gasteiger partial charge in [-0.25, -0.2) is 4.39 Å². The molecule has 0 aromatic heterocycles. The van der Waals surface area contributed by atoms with Crippen LogP contribution in [0.3, 0.4) is 0 Å². The van der Waals surface area contributed by atoms with Crippen molar-refractivity contribution in [3.63, 3.8) is 0 Å². The van der Waals surface area contributed by atoms with Gasteiger partial charge in [0.05, 0.1) is 17.5 Å². The van der Waals surface area contributed by atoms with Crippen molar-refractivity contribution < 1.29 is 27.1 Å². The van der Waals surface area contributed by atoms with Gasteiger partial charge in [-0.3, -0.25) is 4.79 Å². The SMILES string of the molecule is CC(C)[C@]1(C(=O)N2Cc3cc(C(F)(F)F)ccc3[C@@H](F)C2)CC[C@@H](NC2CCOCC2)C1. The molecule has 0 radical (unpaired) electrons. The van der Waals surface area contributed by atoms with E-state index in [1.165, 1.54) is 11.0 Å². The first kappa shape index (κ1) is 23.5. The first-order chi connectivity index (χ1) is 15.1. The van der Waals surface area contributed by atoms with E-state index >= 15 is 0 Å². The van der Waals surface area contributed by atoms with Gasteiger partial charge < -0.3 is 15.0 Å². The quantitative estimate of drug-likeness (QED) is 0.647. The lowest BCUT2D eigenvalue weighted by molar-refractivity contribution is -0.147. The highest BCUT2D eigenvalue weighted by atomic mass is 19.4. The molecule has 3 atom stereocenters. The molecule has 4 nitrogen and oxygen atoms in total. The highest BCUT2D eigenvalue weighted by Gasteiger charge is 2.50. The largest absolute Gasteiger partial charge is 0.416 e. The number of nitrogens with zero attached hydrogens (tertiary/aromatic N) is 1. The van der Waals surface area contributed by atoms with E-state index < -0.39 is 23.3 Å². The van der Waals surface area contributed by atoms with E-state index in [1.807, 2.05) is 13.8 Å². The number of halogens is 4. The molecule has 2 aliphatic heterocycles. The van der Waals surface area contributed by atoms with Gasteiger partial charge in [-0.15, -0.1) is 0 Å². The van der Waals surface area contributed by atoms with Crippen molar-refractivity contribution in [3.05, 3.63) is 34.9 Å². The summed E-state index contributed by atoms with van der Waals surface area (Å²) in [5, 5.41) is 3.68. The summed E-state index contributed by atoms with van der Waals surface area (Å²) in [5.41, 5.74) is -0.924. The molecule has 2 fully saturated rings. The number of carbonyl (C=O) groups is 1. The number of nitrogens with one attached hydrogen (secondary N) is 1. The molecule has 0 bridgehead atoms. The molecule has 1 aliphatic carbocycles. The molecule has 1 saturated heterocycles. The zero-order chi connectivity index (χ0) is 23.1. The van der Waals surface area contributed by atoms with Crippen LogP contribution in [0.2, 0.25) is 0 Å². The van der Waals surface area contributed by atoms with Crippen molar-refractivity contribution in [1.29, 1.82) is 0 Å². The van der Waals surface area contributed by atoms with Crippen molar-refractivity contribution in [2.24, 2.45) is 11.3 Å². The van der Waals surface area contributed by atoms with Crippen LogP contribution < -0.4 is 5.32 Å². The fraction of sp³-hybridized carbons (Fsp3) is 0.708. The molecular weight excluding hydrogens is 424 g/mol. The maximum atomic E-state index is 14.9. The van der Waals surface area contributed by atoms with Crippen LogP contribution in [-0.2, 0) is 22.3 Å². The van der Waals surface area contributed by atoms with Crippen LogP contribution >= 0.6 is 0 Å². The van der Waals surface area contributed by atoms with Crippen LogP contribution in [-0.4, -0.2) is 42.6 Å². The molecule has 2 heterocycles. The van der Waals surface area contributed by atoms with E-state index in [9.17, 15) is 22.4 Å². The van der Waals surface area contributed by atoms with Gasteiger partial charge in [-0.05, 0) is 61.3 Å². The second-order valence-electron chi connectivity index (χ2n) is 9.87. The number of benzene rings is 1. The lowest BCUT2D eigenvalue weighted by Gasteiger charge is -2.40. The molecule has 1 amide bonds. The summed E-state index contributed by atoms with van der Waals surface area (Å²) >= 11 is 0. The van der Waals surface area contributed by atoms with Crippen molar-refractivity contribution >= 4 is 5.91 Å². The maximum Gasteiger partial charge on any atom is 0.416 e. The van der Waals surface area contributed by atoms with Crippen LogP contribution in [0, 0.1) is 11.3 Å². The minimum absolute atomic E-state index is 0.0189. The van der Waals surface area contributed by atoms with Gasteiger partial charge in [0.1, 0.15) is 6.17 Å². The summed E-state index contributed by atoms with van der Waals surface area (Å²) in [6.07, 6.45) is -1.84. The van der Waals surface area contributed by atoms with Crippen LogP contribution in [0.5, 0.6) is 0 Å². The topological polar surface area (TPSA) is 41.6 Å². The Hall–Kier alpha value is -1.67. The monoisotopic (exact) mass is 456 g/mol. The van der Waals surface area contributed by atoms with Crippen LogP contribution in [0.25, 0.3) is 0 Å². The second kappa shape index (κ2) is 8.93. The van der Waals surface area contributed by atoms with Crippen LogP contribution in [0.1, 0.15) is 68.8 Å². The molecule has 32 heavy (non-hydrogen) atoms. The Labute approximate surface area is 186 Å². The third-order valence-electron chi connectivity index (χ3n) is 7.61. The average molecular weight is 457 g/mol. The van der Waals surface area contributed by atoms with Gasteiger partial charge in [0.15, 0.2) is 0 Å². The number of ether oxygens (including phenoxy) is 1. The first-order valence-electron chi connectivity index (χ1n) is 11.6. The number of amides is 1. The van der Waals surface area contributed by atoms with E-state index in [0.717, 1.165) is 44.6 Å².